The van der Waals surface area contributed by atoms with Crippen LogP contribution >= 0.6 is 15.9 Å². The summed E-state index contributed by atoms with van der Waals surface area (Å²) in [6.45, 7) is 0. The molecule has 0 amide bonds. The van der Waals surface area contributed by atoms with Gasteiger partial charge in [0.25, 0.3) is 5.69 Å². The van der Waals surface area contributed by atoms with Crippen molar-refractivity contribution < 1.29 is 42.8 Å². The second-order valence-electron chi connectivity index (χ2n) is 6.57. The Hall–Kier alpha value is -3.75. The minimum Gasteiger partial charge on any atom is -0.465 e. The molecule has 0 atom stereocenters. The average molecular weight is 553 g/mol. The summed E-state index contributed by atoms with van der Waals surface area (Å²) < 4.78 is 36.4. The summed E-state index contributed by atoms with van der Waals surface area (Å²) in [6, 6.07) is 8.02. The Morgan fingerprint density at radius 2 is 1.54 bits per heavy atom. The lowest BCUT2D eigenvalue weighted by Crippen LogP contribution is -2.32. The molecule has 1 aromatic heterocycles. The van der Waals surface area contributed by atoms with Crippen molar-refractivity contribution in [2.45, 2.75) is 0 Å². The van der Waals surface area contributed by atoms with Crippen molar-refractivity contribution in [3.05, 3.63) is 86.0 Å². The van der Waals surface area contributed by atoms with Crippen LogP contribution in [-0.2, 0) is 9.47 Å². The first-order chi connectivity index (χ1) is 16.5. The van der Waals surface area contributed by atoms with Crippen LogP contribution in [0.3, 0.4) is 0 Å². The van der Waals surface area contributed by atoms with E-state index in [2.05, 4.69) is 30.4 Å². The maximum atomic E-state index is 14.1. The van der Waals surface area contributed by atoms with Gasteiger partial charge in [-0.3, -0.25) is 10.1 Å². The van der Waals surface area contributed by atoms with Crippen LogP contribution in [0.1, 0.15) is 20.7 Å². The molecule has 0 unspecified atom stereocenters. The minimum atomic E-state index is -1.89. The zero-order valence-corrected chi connectivity index (χ0v) is 19.7. The quantitative estimate of drug-likeness (QED) is 0.211. The van der Waals surface area contributed by atoms with Crippen molar-refractivity contribution in [3.63, 3.8) is 0 Å². The highest BCUT2D eigenvalue weighted by molar-refractivity contribution is 9.10. The van der Waals surface area contributed by atoms with E-state index in [9.17, 15) is 28.5 Å². The van der Waals surface area contributed by atoms with Crippen LogP contribution in [-0.4, -0.2) is 53.2 Å². The second kappa shape index (κ2) is 12.1. The summed E-state index contributed by atoms with van der Waals surface area (Å²) in [4.78, 5) is 36.5. The lowest BCUT2D eigenvalue weighted by atomic mass is 9.79. The Morgan fingerprint density at radius 1 is 1.00 bits per heavy atom. The largest absolute Gasteiger partial charge is 0.491 e. The maximum Gasteiger partial charge on any atom is 0.491 e. The Labute approximate surface area is 205 Å². The molecule has 182 valence electrons. The molecule has 2 N–H and O–H groups in total. The van der Waals surface area contributed by atoms with Crippen LogP contribution in [0.15, 0.2) is 53.1 Å². The molecule has 0 radical (unpaired) electrons. The first-order valence-electron chi connectivity index (χ1n) is 9.42. The number of hydrogen-bond acceptors (Lipinski definition) is 9. The Morgan fingerprint density at radius 3 is 2.00 bits per heavy atom. The van der Waals surface area contributed by atoms with Crippen molar-refractivity contribution in [1.82, 2.24) is 4.98 Å². The molecule has 14 heteroatoms. The van der Waals surface area contributed by atoms with Crippen LogP contribution in [0.2, 0.25) is 0 Å². The van der Waals surface area contributed by atoms with E-state index in [4.69, 9.17) is 10.0 Å². The standard InChI is InChI=1S/C13H8BrFN2O4.C8H8BFO4/c1-21-13(18)7-2-3-9(10(15)4-7)12-11(17(19)20)5-8(14)6-16-12;1-14-8(11)5-2-3-6(9(12)13)7(10)4-5/h2-6H,1H3;2-4,12-13H,1H3. The van der Waals surface area contributed by atoms with Gasteiger partial charge in [0, 0.05) is 27.8 Å². The van der Waals surface area contributed by atoms with Crippen LogP contribution in [0.25, 0.3) is 11.3 Å². The zero-order valence-electron chi connectivity index (χ0n) is 18.1. The van der Waals surface area contributed by atoms with Gasteiger partial charge in [0.2, 0.25) is 0 Å². The molecule has 0 saturated heterocycles. The second-order valence-corrected chi connectivity index (χ2v) is 7.48. The fourth-order valence-electron chi connectivity index (χ4n) is 2.71. The van der Waals surface area contributed by atoms with Gasteiger partial charge >= 0.3 is 19.1 Å². The van der Waals surface area contributed by atoms with Gasteiger partial charge in [-0.15, -0.1) is 0 Å². The molecule has 0 aliphatic rings. The normalized spacial score (nSPS) is 10.0. The molecular formula is C21H16BBrF2N2O8. The van der Waals surface area contributed by atoms with Crippen molar-refractivity contribution in [2.75, 3.05) is 14.2 Å². The van der Waals surface area contributed by atoms with E-state index in [1.54, 1.807) is 0 Å². The summed E-state index contributed by atoms with van der Waals surface area (Å²) in [5, 5.41) is 28.4. The average Bonchev–Trinajstić information content (AvgIpc) is 2.83. The third-order valence-electron chi connectivity index (χ3n) is 4.38. The molecule has 0 aliphatic heterocycles. The number of pyridine rings is 1. The molecule has 0 saturated carbocycles. The highest BCUT2D eigenvalue weighted by atomic mass is 79.9. The van der Waals surface area contributed by atoms with E-state index < -0.39 is 35.6 Å². The number of halogens is 3. The van der Waals surface area contributed by atoms with Crippen LogP contribution < -0.4 is 5.46 Å². The van der Waals surface area contributed by atoms with E-state index in [0.29, 0.717) is 4.47 Å². The molecule has 0 spiro atoms. The number of rotatable bonds is 5. The van der Waals surface area contributed by atoms with Crippen molar-refractivity contribution in [3.8, 4) is 11.3 Å². The zero-order chi connectivity index (χ0) is 26.3. The monoisotopic (exact) mass is 552 g/mol. The number of nitrogens with zero attached hydrogens (tertiary/aromatic N) is 2. The Bertz CT molecular complexity index is 1280. The molecule has 3 aromatic rings. The first-order valence-corrected chi connectivity index (χ1v) is 10.2. The maximum absolute atomic E-state index is 14.1. The first kappa shape index (κ1) is 27.5. The Balaban J connectivity index is 0.000000269. The van der Waals surface area contributed by atoms with Gasteiger partial charge in [-0.2, -0.15) is 0 Å². The molecule has 3 rings (SSSR count). The fourth-order valence-corrected chi connectivity index (χ4v) is 3.03. The van der Waals surface area contributed by atoms with Crippen LogP contribution in [0.4, 0.5) is 14.5 Å². The van der Waals surface area contributed by atoms with Gasteiger partial charge < -0.3 is 19.5 Å². The molecule has 0 aliphatic carbocycles. The minimum absolute atomic E-state index is 0.0125. The van der Waals surface area contributed by atoms with Gasteiger partial charge in [0.15, 0.2) is 5.69 Å². The number of aromatic nitrogens is 1. The highest BCUT2D eigenvalue weighted by Crippen LogP contribution is 2.32. The van der Waals surface area contributed by atoms with E-state index >= 15 is 0 Å². The third kappa shape index (κ3) is 6.88. The van der Waals surface area contributed by atoms with Crippen LogP contribution in [0.5, 0.6) is 0 Å². The summed E-state index contributed by atoms with van der Waals surface area (Å²) in [5.41, 5.74) is -0.765. The van der Waals surface area contributed by atoms with E-state index in [1.807, 2.05) is 0 Å². The number of benzene rings is 2. The molecule has 35 heavy (non-hydrogen) atoms. The highest BCUT2D eigenvalue weighted by Gasteiger charge is 2.21. The van der Waals surface area contributed by atoms with Crippen LogP contribution in [0, 0.1) is 21.7 Å². The predicted molar refractivity (Wildman–Crippen MR) is 123 cm³/mol. The fraction of sp³-hybridized carbons (Fsp3) is 0.0952. The Kier molecular flexibility index (Phi) is 9.51. The summed E-state index contributed by atoms with van der Waals surface area (Å²) >= 11 is 3.07. The van der Waals surface area contributed by atoms with E-state index in [-0.39, 0.29) is 33.5 Å². The predicted octanol–water partition coefficient (Wildman–Crippen LogP) is 2.64. The van der Waals surface area contributed by atoms with Crippen molar-refractivity contribution in [1.29, 1.82) is 0 Å². The lowest BCUT2D eigenvalue weighted by Gasteiger charge is -2.06. The number of esters is 2. The van der Waals surface area contributed by atoms with Gasteiger partial charge in [-0.25, -0.2) is 23.4 Å². The van der Waals surface area contributed by atoms with E-state index in [0.717, 1.165) is 18.2 Å². The lowest BCUT2D eigenvalue weighted by molar-refractivity contribution is -0.384. The van der Waals surface area contributed by atoms with Crippen molar-refractivity contribution >= 4 is 46.1 Å². The molecule has 0 fully saturated rings. The third-order valence-corrected chi connectivity index (χ3v) is 4.81. The molecule has 1 heterocycles. The number of hydrogen-bond donors (Lipinski definition) is 2. The topological polar surface area (TPSA) is 149 Å². The number of carbonyl (C=O) groups excluding carboxylic acids is 2. The number of carbonyl (C=O) groups is 2. The molecule has 0 bridgehead atoms. The van der Waals surface area contributed by atoms with Crippen molar-refractivity contribution in [2.24, 2.45) is 0 Å². The van der Waals surface area contributed by atoms with Gasteiger partial charge in [-0.05, 0) is 46.3 Å². The molecule has 2 aromatic carbocycles. The summed E-state index contributed by atoms with van der Waals surface area (Å²) in [7, 11) is 0.464. The van der Waals surface area contributed by atoms with Gasteiger partial charge in [0.1, 0.15) is 11.6 Å². The smallest absolute Gasteiger partial charge is 0.465 e. The summed E-state index contributed by atoms with van der Waals surface area (Å²) in [6.07, 6.45) is 1.33. The van der Waals surface area contributed by atoms with Gasteiger partial charge in [-0.1, -0.05) is 6.07 Å². The number of methoxy groups -OCH3 is 2. The molecule has 10 nitrogen and oxygen atoms in total. The SMILES string of the molecule is COC(=O)c1ccc(-c2ncc(Br)cc2[N+](=O)[O-])c(F)c1.COC(=O)c1ccc(B(O)O)c(F)c1. The summed E-state index contributed by atoms with van der Waals surface area (Å²) in [5.74, 6) is -3.03. The number of nitro groups is 1. The van der Waals surface area contributed by atoms with Gasteiger partial charge in [0.05, 0.1) is 30.3 Å². The van der Waals surface area contributed by atoms with E-state index in [1.165, 1.54) is 44.7 Å². The molecular weight excluding hydrogens is 537 g/mol. The number of ether oxygens (including phenoxy) is 2.